The molecule has 86 valence electrons. The minimum absolute atomic E-state index is 0.414. The largest absolute Gasteiger partial charge is 0.382 e. The van der Waals surface area contributed by atoms with Gasteiger partial charge in [-0.2, -0.15) is 5.26 Å². The van der Waals surface area contributed by atoms with Crippen LogP contribution in [-0.4, -0.2) is 6.04 Å². The summed E-state index contributed by atoms with van der Waals surface area (Å²) in [6, 6.07) is 10.3. The van der Waals surface area contributed by atoms with Crippen molar-refractivity contribution in [2.75, 3.05) is 5.32 Å². The maximum atomic E-state index is 8.96. The summed E-state index contributed by atoms with van der Waals surface area (Å²) < 4.78 is 0. The predicted molar refractivity (Wildman–Crippen MR) is 68.3 cm³/mol. The zero-order valence-corrected chi connectivity index (χ0v) is 10.3. The van der Waals surface area contributed by atoms with Crippen molar-refractivity contribution >= 4 is 5.69 Å². The summed E-state index contributed by atoms with van der Waals surface area (Å²) in [7, 11) is 0. The number of nitrogens with one attached hydrogen (secondary N) is 1. The number of para-hydroxylation sites is 1. The molecule has 1 rings (SSSR count). The lowest BCUT2D eigenvalue weighted by Crippen LogP contribution is -2.16. The highest BCUT2D eigenvalue weighted by Crippen LogP contribution is 2.17. The van der Waals surface area contributed by atoms with Crippen LogP contribution < -0.4 is 5.32 Å². The summed E-state index contributed by atoms with van der Waals surface area (Å²) >= 11 is 0. The lowest BCUT2D eigenvalue weighted by atomic mass is 10.0. The summed E-state index contributed by atoms with van der Waals surface area (Å²) in [5.74, 6) is 0.732. The second-order valence-corrected chi connectivity index (χ2v) is 4.67. The van der Waals surface area contributed by atoms with Crippen LogP contribution in [0.4, 0.5) is 5.69 Å². The molecule has 0 spiro atoms. The van der Waals surface area contributed by atoms with Gasteiger partial charge < -0.3 is 5.32 Å². The van der Waals surface area contributed by atoms with E-state index in [4.69, 9.17) is 5.26 Å². The van der Waals surface area contributed by atoms with E-state index in [9.17, 15) is 0 Å². The fraction of sp³-hybridized carbons (Fsp3) is 0.500. The predicted octanol–water partition coefficient (Wildman–Crippen LogP) is 3.79. The van der Waals surface area contributed by atoms with E-state index in [1.54, 1.807) is 0 Å². The Morgan fingerprint density at radius 2 is 1.88 bits per heavy atom. The summed E-state index contributed by atoms with van der Waals surface area (Å²) in [5, 5.41) is 12.4. The van der Waals surface area contributed by atoms with E-state index in [2.05, 4.69) is 32.2 Å². The first-order valence-electron chi connectivity index (χ1n) is 5.89. The van der Waals surface area contributed by atoms with Gasteiger partial charge in [0, 0.05) is 6.04 Å². The van der Waals surface area contributed by atoms with Gasteiger partial charge in [0.2, 0.25) is 0 Å². The van der Waals surface area contributed by atoms with Gasteiger partial charge in [-0.05, 0) is 37.8 Å². The van der Waals surface area contributed by atoms with E-state index >= 15 is 0 Å². The molecule has 0 radical (unpaired) electrons. The minimum Gasteiger partial charge on any atom is -0.382 e. The van der Waals surface area contributed by atoms with E-state index in [1.165, 1.54) is 6.42 Å². The number of nitriles is 1. The van der Waals surface area contributed by atoms with Gasteiger partial charge in [0.15, 0.2) is 0 Å². The Morgan fingerprint density at radius 1 is 1.19 bits per heavy atom. The van der Waals surface area contributed by atoms with Crippen LogP contribution in [0.5, 0.6) is 0 Å². The average molecular weight is 216 g/mol. The Morgan fingerprint density at radius 3 is 2.50 bits per heavy atom. The van der Waals surface area contributed by atoms with Crippen LogP contribution in [0, 0.1) is 17.2 Å². The number of rotatable bonds is 5. The fourth-order valence-electron chi connectivity index (χ4n) is 1.63. The molecule has 1 aromatic carbocycles. The molecular weight excluding hydrogens is 196 g/mol. The van der Waals surface area contributed by atoms with Crippen LogP contribution in [-0.2, 0) is 0 Å². The van der Waals surface area contributed by atoms with E-state index in [1.807, 2.05) is 24.3 Å². The highest BCUT2D eigenvalue weighted by atomic mass is 14.9. The minimum atomic E-state index is 0.414. The van der Waals surface area contributed by atoms with Crippen LogP contribution in [0.15, 0.2) is 24.3 Å². The molecule has 0 amide bonds. The standard InChI is InChI=1S/C14H20N2/c1-11(2)8-9-12(3)16-14-7-5-4-6-13(14)10-15/h4-7,11-12,16H,8-9H2,1-3H3. The third kappa shape index (κ3) is 3.94. The molecule has 1 atom stereocenters. The summed E-state index contributed by atoms with van der Waals surface area (Å²) in [6.07, 6.45) is 2.35. The van der Waals surface area contributed by atoms with Crippen molar-refractivity contribution in [1.29, 1.82) is 5.26 Å². The molecule has 1 N–H and O–H groups in total. The van der Waals surface area contributed by atoms with Crippen molar-refractivity contribution in [2.45, 2.75) is 39.7 Å². The first-order valence-corrected chi connectivity index (χ1v) is 5.89. The molecule has 2 nitrogen and oxygen atoms in total. The Balaban J connectivity index is 2.56. The van der Waals surface area contributed by atoms with Gasteiger partial charge in [0.05, 0.1) is 11.3 Å². The van der Waals surface area contributed by atoms with Crippen molar-refractivity contribution in [3.05, 3.63) is 29.8 Å². The maximum absolute atomic E-state index is 8.96. The Bertz CT molecular complexity index is 363. The first kappa shape index (κ1) is 12.6. The fourth-order valence-corrected chi connectivity index (χ4v) is 1.63. The van der Waals surface area contributed by atoms with Crippen LogP contribution in [0.2, 0.25) is 0 Å². The van der Waals surface area contributed by atoms with E-state index < -0.39 is 0 Å². The Hall–Kier alpha value is -1.49. The normalized spacial score (nSPS) is 12.2. The number of hydrogen-bond acceptors (Lipinski definition) is 2. The van der Waals surface area contributed by atoms with Gasteiger partial charge in [-0.3, -0.25) is 0 Å². The summed E-state index contributed by atoms with van der Waals surface area (Å²) in [4.78, 5) is 0. The van der Waals surface area contributed by atoms with Crippen LogP contribution in [0.3, 0.4) is 0 Å². The monoisotopic (exact) mass is 216 g/mol. The number of benzene rings is 1. The van der Waals surface area contributed by atoms with Gasteiger partial charge >= 0.3 is 0 Å². The van der Waals surface area contributed by atoms with Crippen molar-refractivity contribution in [3.8, 4) is 6.07 Å². The molecule has 0 aliphatic carbocycles. The van der Waals surface area contributed by atoms with Crippen molar-refractivity contribution < 1.29 is 0 Å². The van der Waals surface area contributed by atoms with Crippen molar-refractivity contribution in [3.63, 3.8) is 0 Å². The SMILES string of the molecule is CC(C)CCC(C)Nc1ccccc1C#N. The molecule has 0 saturated heterocycles. The van der Waals surface area contributed by atoms with Gasteiger partial charge in [0.1, 0.15) is 6.07 Å². The molecular formula is C14H20N2. The van der Waals surface area contributed by atoms with Gasteiger partial charge in [-0.1, -0.05) is 26.0 Å². The Kier molecular flexibility index (Phi) is 4.85. The molecule has 0 bridgehead atoms. The second kappa shape index (κ2) is 6.17. The summed E-state index contributed by atoms with van der Waals surface area (Å²) in [6.45, 7) is 6.63. The van der Waals surface area contributed by atoms with Gasteiger partial charge in [-0.15, -0.1) is 0 Å². The lowest BCUT2D eigenvalue weighted by Gasteiger charge is -2.17. The number of nitrogens with zero attached hydrogens (tertiary/aromatic N) is 1. The molecule has 0 saturated carbocycles. The van der Waals surface area contributed by atoms with Gasteiger partial charge in [0.25, 0.3) is 0 Å². The molecule has 2 heteroatoms. The highest BCUT2D eigenvalue weighted by molar-refractivity contribution is 5.57. The molecule has 0 aromatic heterocycles. The third-order valence-corrected chi connectivity index (χ3v) is 2.63. The number of anilines is 1. The molecule has 0 fully saturated rings. The van der Waals surface area contributed by atoms with Crippen LogP contribution in [0.25, 0.3) is 0 Å². The molecule has 0 aliphatic rings. The summed E-state index contributed by atoms with van der Waals surface area (Å²) in [5.41, 5.74) is 1.67. The third-order valence-electron chi connectivity index (χ3n) is 2.63. The quantitative estimate of drug-likeness (QED) is 0.812. The van der Waals surface area contributed by atoms with Gasteiger partial charge in [-0.25, -0.2) is 0 Å². The highest BCUT2D eigenvalue weighted by Gasteiger charge is 2.06. The zero-order chi connectivity index (χ0) is 12.0. The second-order valence-electron chi connectivity index (χ2n) is 4.67. The lowest BCUT2D eigenvalue weighted by molar-refractivity contribution is 0.527. The van der Waals surface area contributed by atoms with Crippen molar-refractivity contribution in [1.82, 2.24) is 0 Å². The molecule has 16 heavy (non-hydrogen) atoms. The smallest absolute Gasteiger partial charge is 0.101 e. The van der Waals surface area contributed by atoms with Crippen LogP contribution >= 0.6 is 0 Å². The maximum Gasteiger partial charge on any atom is 0.101 e. The number of hydrogen-bond donors (Lipinski definition) is 1. The topological polar surface area (TPSA) is 35.8 Å². The first-order chi connectivity index (χ1) is 7.63. The van der Waals surface area contributed by atoms with Crippen molar-refractivity contribution in [2.24, 2.45) is 5.92 Å². The van der Waals surface area contributed by atoms with E-state index in [-0.39, 0.29) is 0 Å². The van der Waals surface area contributed by atoms with E-state index in [0.717, 1.165) is 23.6 Å². The molecule has 0 aliphatic heterocycles. The molecule has 0 heterocycles. The Labute approximate surface area is 98.3 Å². The molecule has 1 unspecified atom stereocenters. The average Bonchev–Trinajstić information content (AvgIpc) is 2.27. The van der Waals surface area contributed by atoms with E-state index in [0.29, 0.717) is 6.04 Å². The molecule has 1 aromatic rings. The zero-order valence-electron chi connectivity index (χ0n) is 10.3. The van der Waals surface area contributed by atoms with Crippen LogP contribution in [0.1, 0.15) is 39.2 Å².